The summed E-state index contributed by atoms with van der Waals surface area (Å²) in [5.74, 6) is 4.79. The van der Waals surface area contributed by atoms with Crippen molar-refractivity contribution in [3.63, 3.8) is 0 Å². The van der Waals surface area contributed by atoms with E-state index in [0.29, 0.717) is 19.5 Å². The third kappa shape index (κ3) is 1.59. The first-order chi connectivity index (χ1) is 5.61. The third-order valence-corrected chi connectivity index (χ3v) is 2.15. The first-order valence-corrected chi connectivity index (χ1v) is 4.05. The minimum absolute atomic E-state index is 0.185. The minimum Gasteiger partial charge on any atom is -0.386 e. The lowest BCUT2D eigenvalue weighted by Crippen LogP contribution is -2.62. The standard InChI is InChI=1S/C9H13NO2/c1-3-5-8(11)10-6-9(12,4-2)7-10/h12H,4,6-7H2,1-2H3. The van der Waals surface area contributed by atoms with Gasteiger partial charge in [-0.15, -0.1) is 0 Å². The summed E-state index contributed by atoms with van der Waals surface area (Å²) in [5, 5.41) is 9.56. The highest BCUT2D eigenvalue weighted by Gasteiger charge is 2.41. The fourth-order valence-corrected chi connectivity index (χ4v) is 1.22. The number of carbonyl (C=O) groups is 1. The molecule has 12 heavy (non-hydrogen) atoms. The zero-order valence-electron chi connectivity index (χ0n) is 7.42. The largest absolute Gasteiger partial charge is 0.386 e. The second-order valence-corrected chi connectivity index (χ2v) is 3.11. The molecule has 1 saturated heterocycles. The molecule has 3 heteroatoms. The minimum atomic E-state index is -0.648. The molecule has 0 atom stereocenters. The summed E-state index contributed by atoms with van der Waals surface area (Å²) in [6.45, 7) is 4.39. The molecule has 0 radical (unpaired) electrons. The van der Waals surface area contributed by atoms with Crippen LogP contribution in [0.4, 0.5) is 0 Å². The quantitative estimate of drug-likeness (QED) is 0.558. The van der Waals surface area contributed by atoms with Gasteiger partial charge in [0.15, 0.2) is 0 Å². The lowest BCUT2D eigenvalue weighted by atomic mass is 9.91. The first kappa shape index (κ1) is 9.08. The van der Waals surface area contributed by atoms with E-state index in [1.54, 1.807) is 11.8 Å². The first-order valence-electron chi connectivity index (χ1n) is 4.05. The summed E-state index contributed by atoms with van der Waals surface area (Å²) in [6.07, 6.45) is 0.691. The van der Waals surface area contributed by atoms with Crippen LogP contribution in [0.15, 0.2) is 0 Å². The van der Waals surface area contributed by atoms with E-state index in [0.717, 1.165) is 0 Å². The van der Waals surface area contributed by atoms with E-state index in [2.05, 4.69) is 11.8 Å². The van der Waals surface area contributed by atoms with E-state index >= 15 is 0 Å². The van der Waals surface area contributed by atoms with Gasteiger partial charge in [-0.3, -0.25) is 4.79 Å². The highest BCUT2D eigenvalue weighted by atomic mass is 16.3. The van der Waals surface area contributed by atoms with Gasteiger partial charge in [0.1, 0.15) is 0 Å². The maximum Gasteiger partial charge on any atom is 0.298 e. The maximum absolute atomic E-state index is 11.1. The number of rotatable bonds is 1. The second kappa shape index (κ2) is 3.16. The average Bonchev–Trinajstić information content (AvgIpc) is 1.99. The van der Waals surface area contributed by atoms with Gasteiger partial charge in [0.25, 0.3) is 5.91 Å². The van der Waals surface area contributed by atoms with Gasteiger partial charge in [0.05, 0.1) is 18.7 Å². The van der Waals surface area contributed by atoms with E-state index in [9.17, 15) is 9.90 Å². The zero-order valence-corrected chi connectivity index (χ0v) is 7.42. The van der Waals surface area contributed by atoms with Crippen LogP contribution in [0.2, 0.25) is 0 Å². The van der Waals surface area contributed by atoms with Crippen LogP contribution in [0.3, 0.4) is 0 Å². The van der Waals surface area contributed by atoms with Gasteiger partial charge in [0, 0.05) is 0 Å². The van der Waals surface area contributed by atoms with Gasteiger partial charge in [-0.1, -0.05) is 12.8 Å². The van der Waals surface area contributed by atoms with Gasteiger partial charge in [0.2, 0.25) is 0 Å². The van der Waals surface area contributed by atoms with Crippen LogP contribution in [0.1, 0.15) is 20.3 Å². The van der Waals surface area contributed by atoms with Crippen molar-refractivity contribution in [2.75, 3.05) is 13.1 Å². The summed E-state index contributed by atoms with van der Waals surface area (Å²) in [4.78, 5) is 12.6. The Kier molecular flexibility index (Phi) is 2.39. The predicted octanol–water partition coefficient (Wildman–Crippen LogP) is -0.00700. The SMILES string of the molecule is CC#CC(=O)N1CC(O)(CC)C1. The van der Waals surface area contributed by atoms with E-state index in [4.69, 9.17) is 0 Å². The molecule has 1 amide bonds. The van der Waals surface area contributed by atoms with Crippen LogP contribution >= 0.6 is 0 Å². The summed E-state index contributed by atoms with van der Waals surface area (Å²) >= 11 is 0. The van der Waals surface area contributed by atoms with Gasteiger partial charge < -0.3 is 10.0 Å². The number of nitrogens with zero attached hydrogens (tertiary/aromatic N) is 1. The molecule has 0 aliphatic carbocycles. The molecule has 1 heterocycles. The molecular formula is C9H13NO2. The van der Waals surface area contributed by atoms with Crippen molar-refractivity contribution in [3.8, 4) is 11.8 Å². The molecule has 3 nitrogen and oxygen atoms in total. The molecule has 1 aliphatic rings. The molecular weight excluding hydrogens is 154 g/mol. The molecule has 0 aromatic heterocycles. The Hall–Kier alpha value is -1.01. The number of hydrogen-bond donors (Lipinski definition) is 1. The van der Waals surface area contributed by atoms with Crippen molar-refractivity contribution >= 4 is 5.91 Å². The van der Waals surface area contributed by atoms with Crippen molar-refractivity contribution in [2.24, 2.45) is 0 Å². The fraction of sp³-hybridized carbons (Fsp3) is 0.667. The smallest absolute Gasteiger partial charge is 0.298 e. The molecule has 1 rings (SSSR count). The van der Waals surface area contributed by atoms with E-state index in [1.807, 2.05) is 6.92 Å². The average molecular weight is 167 g/mol. The summed E-state index contributed by atoms with van der Waals surface area (Å²) < 4.78 is 0. The highest BCUT2D eigenvalue weighted by molar-refractivity contribution is 5.94. The predicted molar refractivity (Wildman–Crippen MR) is 45.3 cm³/mol. The molecule has 1 aliphatic heterocycles. The van der Waals surface area contributed by atoms with Crippen molar-refractivity contribution in [2.45, 2.75) is 25.9 Å². The van der Waals surface area contributed by atoms with Crippen LogP contribution in [-0.2, 0) is 4.79 Å². The summed E-state index contributed by atoms with van der Waals surface area (Å²) in [6, 6.07) is 0. The number of carbonyl (C=O) groups excluding carboxylic acids is 1. The summed E-state index contributed by atoms with van der Waals surface area (Å²) in [5.41, 5.74) is -0.648. The molecule has 0 aromatic rings. The number of amides is 1. The molecule has 0 spiro atoms. The lowest BCUT2D eigenvalue weighted by molar-refractivity contribution is -0.149. The molecule has 0 saturated carbocycles. The van der Waals surface area contributed by atoms with Gasteiger partial charge >= 0.3 is 0 Å². The van der Waals surface area contributed by atoms with Gasteiger partial charge in [-0.25, -0.2) is 0 Å². The molecule has 0 aromatic carbocycles. The molecule has 0 bridgehead atoms. The third-order valence-electron chi connectivity index (χ3n) is 2.15. The van der Waals surface area contributed by atoms with E-state index < -0.39 is 5.60 Å². The van der Waals surface area contributed by atoms with Crippen molar-refractivity contribution < 1.29 is 9.90 Å². The Balaban J connectivity index is 2.42. The number of hydrogen-bond acceptors (Lipinski definition) is 2. The van der Waals surface area contributed by atoms with Crippen LogP contribution in [-0.4, -0.2) is 34.6 Å². The van der Waals surface area contributed by atoms with Crippen molar-refractivity contribution in [3.05, 3.63) is 0 Å². The lowest BCUT2D eigenvalue weighted by Gasteiger charge is -2.45. The van der Waals surface area contributed by atoms with Crippen LogP contribution in [0.5, 0.6) is 0 Å². The molecule has 66 valence electrons. The number of aliphatic hydroxyl groups is 1. The van der Waals surface area contributed by atoms with E-state index in [-0.39, 0.29) is 5.91 Å². The Morgan fingerprint density at radius 3 is 2.67 bits per heavy atom. The fourth-order valence-electron chi connectivity index (χ4n) is 1.22. The van der Waals surface area contributed by atoms with Crippen molar-refractivity contribution in [1.29, 1.82) is 0 Å². The topological polar surface area (TPSA) is 40.5 Å². The van der Waals surface area contributed by atoms with Crippen LogP contribution < -0.4 is 0 Å². The Morgan fingerprint density at radius 1 is 1.67 bits per heavy atom. The normalized spacial score (nSPS) is 19.1. The number of β-amino-alcohol motifs (C(OH)–C–C–N with tert-alkyl or cyclic N) is 1. The second-order valence-electron chi connectivity index (χ2n) is 3.11. The monoisotopic (exact) mass is 167 g/mol. The molecule has 1 N–H and O–H groups in total. The number of likely N-dealkylation sites (tertiary alicyclic amines) is 1. The van der Waals surface area contributed by atoms with E-state index in [1.165, 1.54) is 0 Å². The highest BCUT2D eigenvalue weighted by Crippen LogP contribution is 2.23. The maximum atomic E-state index is 11.1. The Morgan fingerprint density at radius 2 is 2.25 bits per heavy atom. The van der Waals surface area contributed by atoms with Gasteiger partial charge in [-0.2, -0.15) is 0 Å². The Bertz CT molecular complexity index is 243. The van der Waals surface area contributed by atoms with Gasteiger partial charge in [-0.05, 0) is 19.3 Å². The zero-order chi connectivity index (χ0) is 9.19. The summed E-state index contributed by atoms with van der Waals surface area (Å²) in [7, 11) is 0. The van der Waals surface area contributed by atoms with Crippen LogP contribution in [0, 0.1) is 11.8 Å². The molecule has 0 unspecified atom stereocenters. The molecule has 1 fully saturated rings. The Labute approximate surface area is 72.4 Å². The van der Waals surface area contributed by atoms with Crippen LogP contribution in [0.25, 0.3) is 0 Å². The van der Waals surface area contributed by atoms with Crippen molar-refractivity contribution in [1.82, 2.24) is 4.90 Å².